The van der Waals surface area contributed by atoms with Gasteiger partial charge in [0.2, 0.25) is 0 Å². The minimum absolute atomic E-state index is 0.0285. The van der Waals surface area contributed by atoms with Gasteiger partial charge in [-0.05, 0) is 42.6 Å². The van der Waals surface area contributed by atoms with Gasteiger partial charge >= 0.3 is 6.03 Å². The number of aromatic nitrogens is 1. The van der Waals surface area contributed by atoms with Gasteiger partial charge in [-0.3, -0.25) is 0 Å². The van der Waals surface area contributed by atoms with Crippen molar-refractivity contribution in [2.45, 2.75) is 19.5 Å². The van der Waals surface area contributed by atoms with Crippen molar-refractivity contribution in [2.24, 2.45) is 0 Å². The average molecular weight is 337 g/mol. The first kappa shape index (κ1) is 15.0. The highest BCUT2D eigenvalue weighted by molar-refractivity contribution is 7.10. The van der Waals surface area contributed by atoms with Crippen LogP contribution in [0.2, 0.25) is 0 Å². The molecule has 2 amide bonds. The van der Waals surface area contributed by atoms with E-state index in [0.717, 1.165) is 12.2 Å². The summed E-state index contributed by atoms with van der Waals surface area (Å²) in [6.45, 7) is 3.56. The van der Waals surface area contributed by atoms with Gasteiger partial charge in [-0.15, -0.1) is 11.3 Å². The summed E-state index contributed by atoms with van der Waals surface area (Å²) < 4.78 is 2.24. The molecule has 4 nitrogen and oxygen atoms in total. The Bertz CT molecular complexity index is 836. The number of carbonyl (C=O) groups excluding carboxylic acids is 1. The fourth-order valence-electron chi connectivity index (χ4n) is 3.18. The second-order valence-corrected chi connectivity index (χ2v) is 7.01. The van der Waals surface area contributed by atoms with Crippen molar-refractivity contribution in [2.75, 3.05) is 11.9 Å². The number of anilines is 1. The van der Waals surface area contributed by atoms with Crippen LogP contribution in [0.25, 0.3) is 0 Å². The molecule has 1 N–H and O–H groups in total. The maximum atomic E-state index is 12.9. The topological polar surface area (TPSA) is 37.3 Å². The lowest BCUT2D eigenvalue weighted by molar-refractivity contribution is 0.183. The third-order valence-electron chi connectivity index (χ3n) is 4.41. The van der Waals surface area contributed by atoms with Gasteiger partial charge in [0.1, 0.15) is 6.04 Å². The highest BCUT2D eigenvalue weighted by atomic mass is 32.1. The predicted octanol–water partition coefficient (Wildman–Crippen LogP) is 4.50. The van der Waals surface area contributed by atoms with Crippen LogP contribution in [0.5, 0.6) is 0 Å². The zero-order valence-electron chi connectivity index (χ0n) is 13.5. The molecule has 0 spiro atoms. The van der Waals surface area contributed by atoms with E-state index in [1.54, 1.807) is 11.3 Å². The van der Waals surface area contributed by atoms with Crippen LogP contribution in [-0.4, -0.2) is 22.0 Å². The SMILES string of the molecule is Cc1ccc(NC(=O)N2CCn3cccc3[C@H]2c2cccs2)cc1. The molecule has 0 saturated carbocycles. The van der Waals surface area contributed by atoms with Crippen molar-refractivity contribution in [3.8, 4) is 0 Å². The molecule has 0 unspecified atom stereocenters. The first-order valence-electron chi connectivity index (χ1n) is 8.05. The van der Waals surface area contributed by atoms with Gasteiger partial charge < -0.3 is 14.8 Å². The third-order valence-corrected chi connectivity index (χ3v) is 5.34. The molecule has 0 radical (unpaired) electrons. The number of hydrogen-bond acceptors (Lipinski definition) is 2. The molecular formula is C19H19N3OS. The number of thiophene rings is 1. The molecular weight excluding hydrogens is 318 g/mol. The van der Waals surface area contributed by atoms with E-state index in [2.05, 4.69) is 39.7 Å². The standard InChI is InChI=1S/C19H19N3OS/c1-14-6-8-15(9-7-14)20-19(23)22-12-11-21-10-2-4-16(21)18(22)17-5-3-13-24-17/h2-10,13,18H,11-12H2,1H3,(H,20,23)/t18-/m0/s1. The van der Waals surface area contributed by atoms with E-state index in [1.807, 2.05) is 42.2 Å². The summed E-state index contributed by atoms with van der Waals surface area (Å²) in [6, 6.07) is 16.1. The molecule has 1 aromatic carbocycles. The lowest BCUT2D eigenvalue weighted by atomic mass is 10.1. The Labute approximate surface area is 145 Å². The minimum atomic E-state index is -0.0512. The maximum Gasteiger partial charge on any atom is 0.322 e. The first-order chi connectivity index (χ1) is 11.7. The molecule has 122 valence electrons. The zero-order valence-corrected chi connectivity index (χ0v) is 14.3. The summed E-state index contributed by atoms with van der Waals surface area (Å²) in [7, 11) is 0. The Morgan fingerprint density at radius 3 is 2.71 bits per heavy atom. The predicted molar refractivity (Wildman–Crippen MR) is 97.5 cm³/mol. The smallest absolute Gasteiger partial charge is 0.322 e. The van der Waals surface area contributed by atoms with E-state index in [-0.39, 0.29) is 12.1 Å². The molecule has 0 fully saturated rings. The Balaban J connectivity index is 1.63. The fraction of sp³-hybridized carbons (Fsp3) is 0.211. The van der Waals surface area contributed by atoms with Gasteiger partial charge in [0.25, 0.3) is 0 Å². The number of benzene rings is 1. The van der Waals surface area contributed by atoms with Crippen LogP contribution in [0.4, 0.5) is 10.5 Å². The number of amides is 2. The Hall–Kier alpha value is -2.53. The molecule has 2 aromatic heterocycles. The number of hydrogen-bond donors (Lipinski definition) is 1. The summed E-state index contributed by atoms with van der Waals surface area (Å²) in [5.74, 6) is 0. The number of nitrogens with one attached hydrogen (secondary N) is 1. The number of carbonyl (C=O) groups is 1. The van der Waals surface area contributed by atoms with E-state index >= 15 is 0 Å². The molecule has 0 saturated heterocycles. The Morgan fingerprint density at radius 2 is 1.96 bits per heavy atom. The van der Waals surface area contributed by atoms with Crippen LogP contribution >= 0.6 is 11.3 Å². The van der Waals surface area contributed by atoms with Gasteiger partial charge in [-0.1, -0.05) is 23.8 Å². The second-order valence-electron chi connectivity index (χ2n) is 6.03. The summed E-state index contributed by atoms with van der Waals surface area (Å²) in [6.07, 6.45) is 2.09. The Morgan fingerprint density at radius 1 is 1.12 bits per heavy atom. The van der Waals surface area contributed by atoms with Crippen LogP contribution in [0, 0.1) is 6.92 Å². The molecule has 1 aliphatic rings. The summed E-state index contributed by atoms with van der Waals surface area (Å²) >= 11 is 1.69. The molecule has 3 aromatic rings. The van der Waals surface area contributed by atoms with Crippen molar-refractivity contribution in [1.29, 1.82) is 0 Å². The van der Waals surface area contributed by atoms with Crippen LogP contribution in [0.15, 0.2) is 60.1 Å². The Kier molecular flexibility index (Phi) is 3.86. The average Bonchev–Trinajstić information content (AvgIpc) is 3.27. The summed E-state index contributed by atoms with van der Waals surface area (Å²) in [5, 5.41) is 5.10. The monoisotopic (exact) mass is 337 g/mol. The van der Waals surface area contributed by atoms with Crippen molar-refractivity contribution >= 4 is 23.1 Å². The number of rotatable bonds is 2. The molecule has 0 bridgehead atoms. The van der Waals surface area contributed by atoms with Crippen LogP contribution in [0.1, 0.15) is 22.2 Å². The van der Waals surface area contributed by atoms with Crippen molar-refractivity contribution in [3.05, 3.63) is 76.2 Å². The fourth-order valence-corrected chi connectivity index (χ4v) is 4.03. The highest BCUT2D eigenvalue weighted by Gasteiger charge is 2.32. The first-order valence-corrected chi connectivity index (χ1v) is 8.93. The van der Waals surface area contributed by atoms with Crippen molar-refractivity contribution in [1.82, 2.24) is 9.47 Å². The largest absolute Gasteiger partial charge is 0.347 e. The molecule has 4 rings (SSSR count). The lowest BCUT2D eigenvalue weighted by Gasteiger charge is -2.36. The van der Waals surface area contributed by atoms with E-state index in [0.29, 0.717) is 6.54 Å². The minimum Gasteiger partial charge on any atom is -0.347 e. The van der Waals surface area contributed by atoms with Gasteiger partial charge in [-0.25, -0.2) is 4.79 Å². The molecule has 1 atom stereocenters. The van der Waals surface area contributed by atoms with Crippen LogP contribution in [-0.2, 0) is 6.54 Å². The number of aryl methyl sites for hydroxylation is 1. The summed E-state index contributed by atoms with van der Waals surface area (Å²) in [5.41, 5.74) is 3.18. The number of nitrogens with zero attached hydrogens (tertiary/aromatic N) is 2. The molecule has 5 heteroatoms. The van der Waals surface area contributed by atoms with Gasteiger partial charge in [-0.2, -0.15) is 0 Å². The van der Waals surface area contributed by atoms with Crippen LogP contribution < -0.4 is 5.32 Å². The second kappa shape index (κ2) is 6.17. The highest BCUT2D eigenvalue weighted by Crippen LogP contribution is 2.35. The van der Waals surface area contributed by atoms with Crippen molar-refractivity contribution < 1.29 is 4.79 Å². The summed E-state index contributed by atoms with van der Waals surface area (Å²) in [4.78, 5) is 16.0. The van der Waals surface area contributed by atoms with Gasteiger partial charge in [0.05, 0.1) is 0 Å². The molecule has 3 heterocycles. The van der Waals surface area contributed by atoms with E-state index in [4.69, 9.17) is 0 Å². The lowest BCUT2D eigenvalue weighted by Crippen LogP contribution is -2.44. The van der Waals surface area contributed by atoms with Crippen LogP contribution in [0.3, 0.4) is 0 Å². The molecule has 0 aliphatic carbocycles. The number of urea groups is 1. The molecule has 24 heavy (non-hydrogen) atoms. The van der Waals surface area contributed by atoms with E-state index < -0.39 is 0 Å². The van der Waals surface area contributed by atoms with E-state index in [1.165, 1.54) is 16.1 Å². The van der Waals surface area contributed by atoms with Gasteiger partial charge in [0, 0.05) is 35.5 Å². The normalized spacial score (nSPS) is 16.7. The number of fused-ring (bicyclic) bond motifs is 1. The quantitative estimate of drug-likeness (QED) is 0.735. The van der Waals surface area contributed by atoms with Gasteiger partial charge in [0.15, 0.2) is 0 Å². The van der Waals surface area contributed by atoms with Crippen molar-refractivity contribution in [3.63, 3.8) is 0 Å². The third kappa shape index (κ3) is 2.71. The zero-order chi connectivity index (χ0) is 16.5. The molecule has 1 aliphatic heterocycles. The van der Waals surface area contributed by atoms with E-state index in [9.17, 15) is 4.79 Å². The maximum absolute atomic E-state index is 12.9.